The molecular formula is C21H25FN2O4S. The molecule has 0 bridgehead atoms. The quantitative estimate of drug-likeness (QED) is 0.765. The standard InChI is InChI=1S/C21H25FN2O4S/c1-2-28-19-10-6-5-9-18(19)23-21(25)16-11-12-17(22)20(15-16)29(26,27)24-13-7-3-4-8-14-24/h5-6,9-12,15H,2-4,7-8,13-14H2,1H3,(H,23,25). The molecule has 0 radical (unpaired) electrons. The fraction of sp³-hybridized carbons (Fsp3) is 0.381. The zero-order valence-electron chi connectivity index (χ0n) is 16.4. The van der Waals surface area contributed by atoms with Crippen molar-refractivity contribution < 1.29 is 22.3 Å². The number of anilines is 1. The SMILES string of the molecule is CCOc1ccccc1NC(=O)c1ccc(F)c(S(=O)(=O)N2CCCCCC2)c1. The topological polar surface area (TPSA) is 75.7 Å². The maximum Gasteiger partial charge on any atom is 0.255 e. The number of halogens is 1. The van der Waals surface area contributed by atoms with E-state index >= 15 is 0 Å². The molecule has 1 heterocycles. The summed E-state index contributed by atoms with van der Waals surface area (Å²) >= 11 is 0. The Morgan fingerprint density at radius 1 is 1.10 bits per heavy atom. The average Bonchev–Trinajstić information content (AvgIpc) is 3.00. The fourth-order valence-corrected chi connectivity index (χ4v) is 4.92. The number of benzene rings is 2. The molecule has 0 spiro atoms. The molecule has 2 aromatic carbocycles. The molecule has 0 saturated carbocycles. The summed E-state index contributed by atoms with van der Waals surface area (Å²) in [4.78, 5) is 12.2. The Labute approximate surface area is 170 Å². The summed E-state index contributed by atoms with van der Waals surface area (Å²) in [5.41, 5.74) is 0.520. The molecule has 1 amide bonds. The van der Waals surface area contributed by atoms with Gasteiger partial charge in [-0.05, 0) is 50.1 Å². The maximum atomic E-state index is 14.4. The van der Waals surface area contributed by atoms with Crippen LogP contribution in [0, 0.1) is 5.82 Å². The van der Waals surface area contributed by atoms with Crippen molar-refractivity contribution in [3.8, 4) is 5.75 Å². The Balaban J connectivity index is 1.88. The van der Waals surface area contributed by atoms with Crippen LogP contribution in [0.25, 0.3) is 0 Å². The molecule has 1 N–H and O–H groups in total. The van der Waals surface area contributed by atoms with Gasteiger partial charge in [-0.15, -0.1) is 0 Å². The van der Waals surface area contributed by atoms with E-state index in [1.807, 2.05) is 6.92 Å². The first-order valence-corrected chi connectivity index (χ1v) is 11.2. The number of nitrogens with zero attached hydrogens (tertiary/aromatic N) is 1. The van der Waals surface area contributed by atoms with Crippen molar-refractivity contribution in [3.05, 3.63) is 53.8 Å². The van der Waals surface area contributed by atoms with E-state index in [1.165, 1.54) is 10.4 Å². The monoisotopic (exact) mass is 420 g/mol. The summed E-state index contributed by atoms with van der Waals surface area (Å²) in [5.74, 6) is -0.896. The van der Waals surface area contributed by atoms with Crippen molar-refractivity contribution in [2.24, 2.45) is 0 Å². The van der Waals surface area contributed by atoms with Crippen LogP contribution in [0.2, 0.25) is 0 Å². The van der Waals surface area contributed by atoms with E-state index in [0.717, 1.165) is 37.8 Å². The summed E-state index contributed by atoms with van der Waals surface area (Å²) in [6.45, 7) is 2.99. The molecule has 1 aliphatic heterocycles. The van der Waals surface area contributed by atoms with Crippen LogP contribution in [-0.4, -0.2) is 38.3 Å². The fourth-order valence-electron chi connectivity index (χ4n) is 3.31. The van der Waals surface area contributed by atoms with E-state index in [0.29, 0.717) is 31.1 Å². The molecule has 0 aromatic heterocycles. The molecule has 0 atom stereocenters. The van der Waals surface area contributed by atoms with Crippen LogP contribution in [0.4, 0.5) is 10.1 Å². The van der Waals surface area contributed by atoms with Gasteiger partial charge < -0.3 is 10.1 Å². The predicted molar refractivity (Wildman–Crippen MR) is 109 cm³/mol. The van der Waals surface area contributed by atoms with Crippen LogP contribution in [0.3, 0.4) is 0 Å². The van der Waals surface area contributed by atoms with Crippen molar-refractivity contribution in [3.63, 3.8) is 0 Å². The van der Waals surface area contributed by atoms with E-state index in [9.17, 15) is 17.6 Å². The molecule has 0 unspecified atom stereocenters. The Morgan fingerprint density at radius 3 is 2.48 bits per heavy atom. The number of ether oxygens (including phenoxy) is 1. The third kappa shape index (κ3) is 4.94. The van der Waals surface area contributed by atoms with E-state index in [2.05, 4.69) is 5.32 Å². The second kappa shape index (κ2) is 9.37. The third-order valence-electron chi connectivity index (χ3n) is 4.81. The Hall–Kier alpha value is -2.45. The lowest BCUT2D eigenvalue weighted by Gasteiger charge is -2.20. The molecular weight excluding hydrogens is 395 g/mol. The summed E-state index contributed by atoms with van der Waals surface area (Å²) in [7, 11) is -4.01. The highest BCUT2D eigenvalue weighted by Crippen LogP contribution is 2.26. The number of para-hydroxylation sites is 2. The highest BCUT2D eigenvalue weighted by atomic mass is 32.2. The maximum absolute atomic E-state index is 14.4. The molecule has 8 heteroatoms. The van der Waals surface area contributed by atoms with Crippen LogP contribution in [0.15, 0.2) is 47.4 Å². The van der Waals surface area contributed by atoms with Crippen molar-refractivity contribution in [1.82, 2.24) is 4.31 Å². The van der Waals surface area contributed by atoms with Gasteiger partial charge in [0.15, 0.2) is 0 Å². The van der Waals surface area contributed by atoms with Gasteiger partial charge in [-0.25, -0.2) is 12.8 Å². The van der Waals surface area contributed by atoms with Crippen molar-refractivity contribution >= 4 is 21.6 Å². The molecule has 2 aromatic rings. The van der Waals surface area contributed by atoms with Crippen molar-refractivity contribution in [2.75, 3.05) is 25.0 Å². The lowest BCUT2D eigenvalue weighted by Crippen LogP contribution is -2.32. The zero-order valence-corrected chi connectivity index (χ0v) is 17.2. The molecule has 6 nitrogen and oxygen atoms in total. The van der Waals surface area contributed by atoms with Crippen LogP contribution in [0.5, 0.6) is 5.75 Å². The largest absolute Gasteiger partial charge is 0.492 e. The minimum atomic E-state index is -4.01. The Kier molecular flexibility index (Phi) is 6.87. The molecule has 3 rings (SSSR count). The van der Waals surface area contributed by atoms with E-state index < -0.39 is 26.6 Å². The Morgan fingerprint density at radius 2 is 1.79 bits per heavy atom. The van der Waals surface area contributed by atoms with Gasteiger partial charge in [-0.2, -0.15) is 4.31 Å². The number of hydrogen-bond acceptors (Lipinski definition) is 4. The normalized spacial score (nSPS) is 15.5. The Bertz CT molecular complexity index is 970. The number of carbonyl (C=O) groups excluding carboxylic acids is 1. The predicted octanol–water partition coefficient (Wildman–Crippen LogP) is 4.04. The van der Waals surface area contributed by atoms with Crippen LogP contribution in [0.1, 0.15) is 43.0 Å². The summed E-state index contributed by atoms with van der Waals surface area (Å²) in [6.07, 6.45) is 3.40. The minimum absolute atomic E-state index is 0.0612. The van der Waals surface area contributed by atoms with Gasteiger partial charge >= 0.3 is 0 Å². The molecule has 156 valence electrons. The first-order valence-electron chi connectivity index (χ1n) is 9.76. The third-order valence-corrected chi connectivity index (χ3v) is 6.72. The first kappa shape index (κ1) is 21.3. The lowest BCUT2D eigenvalue weighted by atomic mass is 10.2. The second-order valence-corrected chi connectivity index (χ2v) is 8.75. The highest BCUT2D eigenvalue weighted by molar-refractivity contribution is 7.89. The highest BCUT2D eigenvalue weighted by Gasteiger charge is 2.29. The number of rotatable bonds is 6. The van der Waals surface area contributed by atoms with Crippen LogP contribution < -0.4 is 10.1 Å². The molecule has 1 aliphatic rings. The molecule has 1 fully saturated rings. The van der Waals surface area contributed by atoms with Gasteiger partial charge in [-0.3, -0.25) is 4.79 Å². The van der Waals surface area contributed by atoms with Crippen LogP contribution in [-0.2, 0) is 10.0 Å². The summed E-state index contributed by atoms with van der Waals surface area (Å²) in [6, 6.07) is 10.3. The van der Waals surface area contributed by atoms with E-state index in [1.54, 1.807) is 24.3 Å². The summed E-state index contributed by atoms with van der Waals surface area (Å²) in [5, 5.41) is 2.70. The first-order chi connectivity index (χ1) is 13.9. The molecule has 29 heavy (non-hydrogen) atoms. The van der Waals surface area contributed by atoms with Gasteiger partial charge in [0, 0.05) is 18.7 Å². The van der Waals surface area contributed by atoms with Gasteiger partial charge in [-0.1, -0.05) is 25.0 Å². The number of carbonyl (C=O) groups is 1. The van der Waals surface area contributed by atoms with Crippen molar-refractivity contribution in [1.29, 1.82) is 0 Å². The van der Waals surface area contributed by atoms with Crippen molar-refractivity contribution in [2.45, 2.75) is 37.5 Å². The van der Waals surface area contributed by atoms with Gasteiger partial charge in [0.25, 0.3) is 5.91 Å². The average molecular weight is 421 g/mol. The zero-order chi connectivity index (χ0) is 20.9. The second-order valence-electron chi connectivity index (χ2n) is 6.85. The number of sulfonamides is 1. The van der Waals surface area contributed by atoms with E-state index in [4.69, 9.17) is 4.74 Å². The minimum Gasteiger partial charge on any atom is -0.492 e. The van der Waals surface area contributed by atoms with Crippen LogP contribution >= 0.6 is 0 Å². The number of amides is 1. The molecule has 1 saturated heterocycles. The lowest BCUT2D eigenvalue weighted by molar-refractivity contribution is 0.102. The summed E-state index contributed by atoms with van der Waals surface area (Å²) < 4.78 is 47.1. The van der Waals surface area contributed by atoms with Gasteiger partial charge in [0.2, 0.25) is 10.0 Å². The smallest absolute Gasteiger partial charge is 0.255 e. The van der Waals surface area contributed by atoms with Gasteiger partial charge in [0.05, 0.1) is 12.3 Å². The number of hydrogen-bond donors (Lipinski definition) is 1. The number of nitrogens with one attached hydrogen (secondary N) is 1. The van der Waals surface area contributed by atoms with Gasteiger partial charge in [0.1, 0.15) is 16.5 Å². The molecule has 0 aliphatic carbocycles. The van der Waals surface area contributed by atoms with E-state index in [-0.39, 0.29) is 5.56 Å².